The van der Waals surface area contributed by atoms with Crippen molar-refractivity contribution in [2.75, 3.05) is 31.8 Å². The molecule has 0 spiro atoms. The van der Waals surface area contributed by atoms with E-state index >= 15 is 0 Å². The fraction of sp³-hybridized carbons (Fsp3) is 0.818. The highest BCUT2D eigenvalue weighted by Crippen LogP contribution is 2.31. The van der Waals surface area contributed by atoms with E-state index in [1.54, 1.807) is 6.92 Å². The quantitative estimate of drug-likeness (QED) is 0.518. The molecule has 0 aromatic rings. The molecule has 7 heteroatoms. The zero-order chi connectivity index (χ0) is 13.8. The number of carbonyl (C=O) groups is 2. The van der Waals surface area contributed by atoms with Gasteiger partial charge in [0.2, 0.25) is 0 Å². The number of rotatable bonds is 5. The maximum absolute atomic E-state index is 12.0. The zero-order valence-corrected chi connectivity index (χ0v) is 11.4. The summed E-state index contributed by atoms with van der Waals surface area (Å²) >= 11 is 0. The van der Waals surface area contributed by atoms with E-state index in [0.29, 0.717) is 0 Å². The lowest BCUT2D eigenvalue weighted by atomic mass is 9.79. The molecule has 0 bridgehead atoms. The van der Waals surface area contributed by atoms with Crippen LogP contribution in [0.3, 0.4) is 0 Å². The third-order valence-electron chi connectivity index (χ3n) is 2.92. The molecule has 0 aromatic heterocycles. The number of esters is 1. The van der Waals surface area contributed by atoms with Crippen molar-refractivity contribution in [3.63, 3.8) is 0 Å². The van der Waals surface area contributed by atoms with Gasteiger partial charge in [-0.3, -0.25) is 9.59 Å². The van der Waals surface area contributed by atoms with Crippen LogP contribution in [0.2, 0.25) is 0 Å². The van der Waals surface area contributed by atoms with Crippen LogP contribution in [0.15, 0.2) is 0 Å². The number of ether oxygens (including phenoxy) is 2. The van der Waals surface area contributed by atoms with Crippen LogP contribution in [-0.2, 0) is 28.9 Å². The van der Waals surface area contributed by atoms with E-state index in [-0.39, 0.29) is 44.2 Å². The Kier molecular flexibility index (Phi) is 4.86. The number of hydrogen-bond acceptors (Lipinski definition) is 6. The summed E-state index contributed by atoms with van der Waals surface area (Å²) in [5, 5.41) is 0. The van der Waals surface area contributed by atoms with E-state index in [1.807, 2.05) is 0 Å². The third kappa shape index (κ3) is 3.52. The van der Waals surface area contributed by atoms with Gasteiger partial charge in [0.1, 0.15) is 9.84 Å². The van der Waals surface area contributed by atoms with Gasteiger partial charge in [0.25, 0.3) is 0 Å². The molecule has 1 unspecified atom stereocenters. The summed E-state index contributed by atoms with van der Waals surface area (Å²) in [5.74, 6) is -1.21. The Morgan fingerprint density at radius 1 is 1.50 bits per heavy atom. The minimum absolute atomic E-state index is 0.0799. The van der Waals surface area contributed by atoms with Gasteiger partial charge in [-0.2, -0.15) is 0 Å². The Bertz CT molecular complexity index is 427. The molecule has 0 N–H and O–H groups in total. The van der Waals surface area contributed by atoms with Gasteiger partial charge in [-0.25, -0.2) is 8.42 Å². The number of ketones is 1. The number of Topliss-reactive ketones (excluding diaryl/α,β-unsaturated/α-hetero) is 1. The molecule has 1 rings (SSSR count). The van der Waals surface area contributed by atoms with Crippen LogP contribution in [0.25, 0.3) is 0 Å². The smallest absolute Gasteiger partial charge is 0.322 e. The highest BCUT2D eigenvalue weighted by molar-refractivity contribution is 7.90. The van der Waals surface area contributed by atoms with E-state index in [4.69, 9.17) is 9.47 Å². The Morgan fingerprint density at radius 2 is 2.17 bits per heavy atom. The van der Waals surface area contributed by atoms with Crippen molar-refractivity contribution >= 4 is 21.6 Å². The molecule has 1 atom stereocenters. The van der Waals surface area contributed by atoms with E-state index in [1.165, 1.54) is 0 Å². The van der Waals surface area contributed by atoms with Crippen molar-refractivity contribution < 1.29 is 27.5 Å². The van der Waals surface area contributed by atoms with Gasteiger partial charge in [-0.1, -0.05) is 0 Å². The summed E-state index contributed by atoms with van der Waals surface area (Å²) in [5.41, 5.74) is -1.45. The molecule has 0 aliphatic carbocycles. The molecular weight excluding hydrogens is 260 g/mol. The average Bonchev–Trinajstić information content (AvgIpc) is 2.27. The Labute approximate surface area is 107 Å². The Hall–Kier alpha value is -0.950. The van der Waals surface area contributed by atoms with Crippen molar-refractivity contribution in [2.45, 2.75) is 19.8 Å². The van der Waals surface area contributed by atoms with Crippen LogP contribution in [-0.4, -0.2) is 52.0 Å². The van der Waals surface area contributed by atoms with Gasteiger partial charge >= 0.3 is 5.97 Å². The van der Waals surface area contributed by atoms with Crippen LogP contribution in [0.1, 0.15) is 19.8 Å². The van der Waals surface area contributed by atoms with Gasteiger partial charge in [-0.05, 0) is 13.3 Å². The van der Waals surface area contributed by atoms with Crippen molar-refractivity contribution in [1.82, 2.24) is 0 Å². The Morgan fingerprint density at radius 3 is 2.67 bits per heavy atom. The lowest BCUT2D eigenvalue weighted by molar-refractivity contribution is -0.169. The topological polar surface area (TPSA) is 86.7 Å². The maximum Gasteiger partial charge on any atom is 0.322 e. The van der Waals surface area contributed by atoms with Crippen molar-refractivity contribution in [2.24, 2.45) is 5.41 Å². The molecule has 6 nitrogen and oxygen atoms in total. The molecule has 1 saturated heterocycles. The van der Waals surface area contributed by atoms with Crippen LogP contribution >= 0.6 is 0 Å². The SMILES string of the molecule is CCOC(=O)C1(CCS(C)(=O)=O)COCCC1=O. The summed E-state index contributed by atoms with van der Waals surface area (Å²) in [4.78, 5) is 23.9. The van der Waals surface area contributed by atoms with E-state index < -0.39 is 21.2 Å². The first kappa shape index (κ1) is 15.1. The van der Waals surface area contributed by atoms with Gasteiger partial charge in [0.05, 0.1) is 25.6 Å². The van der Waals surface area contributed by atoms with Crippen molar-refractivity contribution in [3.05, 3.63) is 0 Å². The van der Waals surface area contributed by atoms with Gasteiger partial charge < -0.3 is 9.47 Å². The standard InChI is InChI=1S/C11H18O6S/c1-3-17-10(13)11(5-7-18(2,14)15)8-16-6-4-9(11)12/h3-8H2,1-2H3. The van der Waals surface area contributed by atoms with Gasteiger partial charge in [-0.15, -0.1) is 0 Å². The molecule has 1 fully saturated rings. The van der Waals surface area contributed by atoms with Crippen LogP contribution in [0.5, 0.6) is 0 Å². The number of hydrogen-bond donors (Lipinski definition) is 0. The molecular formula is C11H18O6S. The average molecular weight is 278 g/mol. The van der Waals surface area contributed by atoms with Crippen molar-refractivity contribution in [3.8, 4) is 0 Å². The number of carbonyl (C=O) groups excluding carboxylic acids is 2. The summed E-state index contributed by atoms with van der Waals surface area (Å²) < 4.78 is 32.5. The van der Waals surface area contributed by atoms with E-state index in [9.17, 15) is 18.0 Å². The first-order valence-electron chi connectivity index (χ1n) is 5.78. The monoisotopic (exact) mass is 278 g/mol. The summed E-state index contributed by atoms with van der Waals surface area (Å²) in [6, 6.07) is 0. The van der Waals surface area contributed by atoms with Crippen LogP contribution < -0.4 is 0 Å². The molecule has 0 saturated carbocycles. The predicted molar refractivity (Wildman–Crippen MR) is 63.8 cm³/mol. The molecule has 0 aromatic carbocycles. The molecule has 104 valence electrons. The molecule has 1 aliphatic rings. The fourth-order valence-corrected chi connectivity index (χ4v) is 2.57. The van der Waals surface area contributed by atoms with E-state index in [2.05, 4.69) is 0 Å². The lowest BCUT2D eigenvalue weighted by Crippen LogP contribution is -2.49. The first-order chi connectivity index (χ1) is 8.32. The van der Waals surface area contributed by atoms with Crippen LogP contribution in [0, 0.1) is 5.41 Å². The second-order valence-electron chi connectivity index (χ2n) is 4.41. The second-order valence-corrected chi connectivity index (χ2v) is 6.67. The molecule has 1 aliphatic heterocycles. The minimum Gasteiger partial charge on any atom is -0.465 e. The first-order valence-corrected chi connectivity index (χ1v) is 7.84. The molecule has 1 heterocycles. The minimum atomic E-state index is -3.25. The Balaban J connectivity index is 2.93. The zero-order valence-electron chi connectivity index (χ0n) is 10.6. The highest BCUT2D eigenvalue weighted by atomic mass is 32.2. The lowest BCUT2D eigenvalue weighted by Gasteiger charge is -2.32. The normalized spacial score (nSPS) is 24.9. The molecule has 18 heavy (non-hydrogen) atoms. The highest BCUT2D eigenvalue weighted by Gasteiger charge is 2.49. The van der Waals surface area contributed by atoms with E-state index in [0.717, 1.165) is 6.26 Å². The van der Waals surface area contributed by atoms with Crippen molar-refractivity contribution in [1.29, 1.82) is 0 Å². The van der Waals surface area contributed by atoms with Crippen LogP contribution in [0.4, 0.5) is 0 Å². The second kappa shape index (κ2) is 5.79. The van der Waals surface area contributed by atoms with Gasteiger partial charge in [0, 0.05) is 12.7 Å². The third-order valence-corrected chi connectivity index (χ3v) is 3.87. The maximum atomic E-state index is 12.0. The predicted octanol–water partition coefficient (Wildman–Crippen LogP) is -0.0400. The molecule has 0 amide bonds. The molecule has 0 radical (unpaired) electrons. The summed E-state index contributed by atoms with van der Waals surface area (Å²) in [7, 11) is -3.25. The summed E-state index contributed by atoms with van der Waals surface area (Å²) in [6.07, 6.45) is 1.10. The fourth-order valence-electron chi connectivity index (χ4n) is 1.85. The van der Waals surface area contributed by atoms with Gasteiger partial charge in [0.15, 0.2) is 11.2 Å². The largest absolute Gasteiger partial charge is 0.465 e. The number of sulfone groups is 1. The summed E-state index contributed by atoms with van der Waals surface area (Å²) in [6.45, 7) is 1.95.